The van der Waals surface area contributed by atoms with E-state index in [4.69, 9.17) is 23.7 Å². The highest BCUT2D eigenvalue weighted by molar-refractivity contribution is 7.99. The Labute approximate surface area is 216 Å². The molecule has 0 aliphatic carbocycles. The molecule has 0 saturated carbocycles. The van der Waals surface area contributed by atoms with E-state index in [-0.39, 0.29) is 0 Å². The van der Waals surface area contributed by atoms with Gasteiger partial charge in [-0.3, -0.25) is 14.4 Å². The molecule has 1 aromatic rings. The van der Waals surface area contributed by atoms with Crippen molar-refractivity contribution in [1.29, 1.82) is 0 Å². The third kappa shape index (κ3) is 7.70. The summed E-state index contributed by atoms with van der Waals surface area (Å²) in [6.45, 7) is 11.8. The molecule has 9 nitrogen and oxygen atoms in total. The van der Waals surface area contributed by atoms with Gasteiger partial charge in [0.15, 0.2) is 24.4 Å². The summed E-state index contributed by atoms with van der Waals surface area (Å²) in [7, 11) is 1.18. The molecule has 1 saturated heterocycles. The highest BCUT2D eigenvalue weighted by Gasteiger charge is 2.55. The molecule has 0 aromatic heterocycles. The molecule has 0 radical (unpaired) electrons. The first-order valence-electron chi connectivity index (χ1n) is 11.9. The monoisotopic (exact) mass is 524 g/mol. The highest BCUT2D eigenvalue weighted by atomic mass is 32.2. The number of carbonyl (C=O) groups is 4. The number of carbonyl (C=O) groups excluding carboxylic acids is 4. The van der Waals surface area contributed by atoms with E-state index in [0.29, 0.717) is 0 Å². The minimum Gasteiger partial charge on any atom is -0.467 e. The maximum Gasteiger partial charge on any atom is 0.339 e. The number of aryl methyl sites for hydroxylation is 1. The van der Waals surface area contributed by atoms with Crippen molar-refractivity contribution in [3.8, 4) is 0 Å². The van der Waals surface area contributed by atoms with Crippen LogP contribution in [0.15, 0.2) is 29.2 Å². The van der Waals surface area contributed by atoms with Crippen LogP contribution in [0.1, 0.15) is 47.1 Å². The number of thioether (sulfide) groups is 1. The minimum absolute atomic E-state index is 0.494. The van der Waals surface area contributed by atoms with Gasteiger partial charge in [-0.2, -0.15) is 0 Å². The van der Waals surface area contributed by atoms with E-state index in [1.807, 2.05) is 31.2 Å². The summed E-state index contributed by atoms with van der Waals surface area (Å²) in [6, 6.07) is 7.53. The second-order valence-corrected chi connectivity index (χ2v) is 10.7. The maximum absolute atomic E-state index is 12.8. The molecule has 1 aliphatic heterocycles. The maximum atomic E-state index is 12.8. The largest absolute Gasteiger partial charge is 0.467 e. The van der Waals surface area contributed by atoms with Crippen LogP contribution in [0, 0.1) is 24.7 Å². The SMILES string of the molecule is COC(=O)C1O[C@@H](Sc2ccc(C)cc2)[C@@H](OC(=O)C(C)C)[C@@H](OC(=O)C(C)C)[C@@H]1OC(=O)C(C)C. The molecule has 1 fully saturated rings. The van der Waals surface area contributed by atoms with Gasteiger partial charge in [0.1, 0.15) is 5.44 Å². The lowest BCUT2D eigenvalue weighted by molar-refractivity contribution is -0.239. The summed E-state index contributed by atoms with van der Waals surface area (Å²) in [5.74, 6) is -4.19. The third-order valence-electron chi connectivity index (χ3n) is 5.37. The quantitative estimate of drug-likeness (QED) is 0.350. The zero-order valence-electron chi connectivity index (χ0n) is 22.0. The van der Waals surface area contributed by atoms with Gasteiger partial charge in [-0.1, -0.05) is 71.0 Å². The number of hydrogen-bond donors (Lipinski definition) is 0. The molecule has 200 valence electrons. The van der Waals surface area contributed by atoms with E-state index in [9.17, 15) is 19.2 Å². The molecule has 36 heavy (non-hydrogen) atoms. The second kappa shape index (κ2) is 13.1. The van der Waals surface area contributed by atoms with E-state index in [2.05, 4.69) is 0 Å². The number of rotatable bonds is 9. The lowest BCUT2D eigenvalue weighted by Gasteiger charge is -2.44. The van der Waals surface area contributed by atoms with Gasteiger partial charge < -0.3 is 23.7 Å². The number of ether oxygens (including phenoxy) is 5. The molecule has 0 N–H and O–H groups in total. The predicted molar refractivity (Wildman–Crippen MR) is 132 cm³/mol. The van der Waals surface area contributed by atoms with Crippen molar-refractivity contribution < 1.29 is 42.9 Å². The summed E-state index contributed by atoms with van der Waals surface area (Å²) in [5, 5.41) is 0. The van der Waals surface area contributed by atoms with Crippen LogP contribution in [-0.2, 0) is 42.9 Å². The molecule has 1 unspecified atom stereocenters. The first-order valence-corrected chi connectivity index (χ1v) is 12.8. The van der Waals surface area contributed by atoms with Crippen LogP contribution < -0.4 is 0 Å². The third-order valence-corrected chi connectivity index (χ3v) is 6.53. The van der Waals surface area contributed by atoms with Crippen LogP contribution in [-0.4, -0.2) is 60.8 Å². The Balaban J connectivity index is 2.59. The van der Waals surface area contributed by atoms with Gasteiger partial charge in [0.25, 0.3) is 0 Å². The molecule has 5 atom stereocenters. The van der Waals surface area contributed by atoms with Crippen LogP contribution >= 0.6 is 11.8 Å². The molecule has 10 heteroatoms. The lowest BCUT2D eigenvalue weighted by Crippen LogP contribution is -2.63. The molecular formula is C26H36O9S. The Morgan fingerprint density at radius 2 is 1.19 bits per heavy atom. The van der Waals surface area contributed by atoms with Crippen LogP contribution in [0.4, 0.5) is 0 Å². The summed E-state index contributed by atoms with van der Waals surface area (Å²) in [5.41, 5.74) is 0.0713. The highest BCUT2D eigenvalue weighted by Crippen LogP contribution is 2.38. The first-order chi connectivity index (χ1) is 16.8. The predicted octanol–water partition coefficient (Wildman–Crippen LogP) is 3.69. The van der Waals surface area contributed by atoms with Crippen molar-refractivity contribution in [2.75, 3.05) is 7.11 Å². The fraction of sp³-hybridized carbons (Fsp3) is 0.615. The Bertz CT molecular complexity index is 926. The van der Waals surface area contributed by atoms with Crippen molar-refractivity contribution in [3.63, 3.8) is 0 Å². The average Bonchev–Trinajstić information content (AvgIpc) is 2.82. The smallest absolute Gasteiger partial charge is 0.339 e. The molecule has 2 rings (SSSR count). The van der Waals surface area contributed by atoms with E-state index in [1.54, 1.807) is 41.5 Å². The van der Waals surface area contributed by atoms with E-state index >= 15 is 0 Å². The average molecular weight is 525 g/mol. The van der Waals surface area contributed by atoms with Crippen LogP contribution in [0.3, 0.4) is 0 Å². The van der Waals surface area contributed by atoms with Crippen molar-refractivity contribution >= 4 is 35.6 Å². The van der Waals surface area contributed by atoms with Gasteiger partial charge in [-0.05, 0) is 19.1 Å². The van der Waals surface area contributed by atoms with E-state index in [1.165, 1.54) is 18.9 Å². The summed E-state index contributed by atoms with van der Waals surface area (Å²) in [6.07, 6.45) is -5.31. The fourth-order valence-electron chi connectivity index (χ4n) is 3.16. The van der Waals surface area contributed by atoms with Gasteiger partial charge >= 0.3 is 23.9 Å². The second-order valence-electron chi connectivity index (χ2n) is 9.55. The van der Waals surface area contributed by atoms with Gasteiger partial charge in [-0.15, -0.1) is 0 Å². The molecule has 0 spiro atoms. The number of methoxy groups -OCH3 is 1. The zero-order chi connectivity index (χ0) is 27.2. The van der Waals surface area contributed by atoms with Crippen molar-refractivity contribution in [3.05, 3.63) is 29.8 Å². The molecule has 0 amide bonds. The topological polar surface area (TPSA) is 114 Å². The zero-order valence-corrected chi connectivity index (χ0v) is 22.8. The molecule has 0 bridgehead atoms. The lowest BCUT2D eigenvalue weighted by atomic mass is 9.98. The van der Waals surface area contributed by atoms with Gasteiger partial charge in [0.05, 0.1) is 24.9 Å². The first kappa shape index (κ1) is 29.6. The van der Waals surface area contributed by atoms with Gasteiger partial charge in [-0.25, -0.2) is 4.79 Å². The molecule has 1 heterocycles. The normalized spacial score (nSPS) is 23.9. The van der Waals surface area contributed by atoms with Crippen LogP contribution in [0.25, 0.3) is 0 Å². The fourth-order valence-corrected chi connectivity index (χ4v) is 4.24. The summed E-state index contributed by atoms with van der Waals surface area (Å²) in [4.78, 5) is 51.6. The number of esters is 4. The standard InChI is InChI=1S/C26H36O9S/c1-13(2)22(27)32-18-19(33-23(28)14(3)4)21(34-24(29)15(5)6)26(35-20(18)25(30)31-8)36-17-11-9-16(7)10-12-17/h9-15,18-21,26H,1-8H3/t18-,19-,20?,21-,26-/m0/s1. The van der Waals surface area contributed by atoms with Crippen molar-refractivity contribution in [2.24, 2.45) is 17.8 Å². The Morgan fingerprint density at radius 1 is 0.750 bits per heavy atom. The van der Waals surface area contributed by atoms with Crippen LogP contribution in [0.2, 0.25) is 0 Å². The van der Waals surface area contributed by atoms with E-state index < -0.39 is 71.5 Å². The van der Waals surface area contributed by atoms with Gasteiger partial charge in [0, 0.05) is 4.90 Å². The Morgan fingerprint density at radius 3 is 1.64 bits per heavy atom. The summed E-state index contributed by atoms with van der Waals surface area (Å²) < 4.78 is 28.2. The number of hydrogen-bond acceptors (Lipinski definition) is 10. The van der Waals surface area contributed by atoms with Crippen LogP contribution in [0.5, 0.6) is 0 Å². The molecule has 1 aliphatic rings. The van der Waals surface area contributed by atoms with Crippen molar-refractivity contribution in [2.45, 2.75) is 83.2 Å². The molecular weight excluding hydrogens is 488 g/mol. The van der Waals surface area contributed by atoms with Crippen molar-refractivity contribution in [1.82, 2.24) is 0 Å². The molecule has 1 aromatic carbocycles. The summed E-state index contributed by atoms with van der Waals surface area (Å²) >= 11 is 1.19. The van der Waals surface area contributed by atoms with E-state index in [0.717, 1.165) is 10.5 Å². The Kier molecular flexibility index (Phi) is 10.8. The Hall–Kier alpha value is -2.59. The minimum atomic E-state index is -1.42. The number of benzene rings is 1. The van der Waals surface area contributed by atoms with Gasteiger partial charge in [0.2, 0.25) is 0 Å².